The van der Waals surface area contributed by atoms with Crippen molar-refractivity contribution in [2.75, 3.05) is 13.1 Å². The van der Waals surface area contributed by atoms with Gasteiger partial charge in [-0.25, -0.2) is 0 Å². The van der Waals surface area contributed by atoms with Crippen LogP contribution in [-0.4, -0.2) is 38.7 Å². The van der Waals surface area contributed by atoms with Crippen molar-refractivity contribution >= 4 is 17.7 Å². The molecule has 1 aliphatic carbocycles. The van der Waals surface area contributed by atoms with Gasteiger partial charge < -0.3 is 9.47 Å². The molecule has 0 bridgehead atoms. The van der Waals surface area contributed by atoms with E-state index in [0.29, 0.717) is 5.92 Å². The largest absolute Gasteiger partial charge is 0.341 e. The van der Waals surface area contributed by atoms with Gasteiger partial charge in [0.05, 0.1) is 6.54 Å². The lowest BCUT2D eigenvalue weighted by molar-refractivity contribution is -0.129. The summed E-state index contributed by atoms with van der Waals surface area (Å²) < 4.78 is 2.23. The van der Waals surface area contributed by atoms with Gasteiger partial charge >= 0.3 is 0 Å². The quantitative estimate of drug-likeness (QED) is 0.524. The van der Waals surface area contributed by atoms with Crippen molar-refractivity contribution in [2.24, 2.45) is 0 Å². The average Bonchev–Trinajstić information content (AvgIpc) is 3.33. The summed E-state index contributed by atoms with van der Waals surface area (Å²) in [7, 11) is 0. The molecule has 2 aromatic carbocycles. The van der Waals surface area contributed by atoms with E-state index in [2.05, 4.69) is 39.0 Å². The molecule has 30 heavy (non-hydrogen) atoms. The summed E-state index contributed by atoms with van der Waals surface area (Å²) in [5, 5.41) is 9.64. The topological polar surface area (TPSA) is 51.0 Å². The van der Waals surface area contributed by atoms with Crippen LogP contribution in [0.1, 0.15) is 53.8 Å². The number of benzene rings is 2. The van der Waals surface area contributed by atoms with Crippen LogP contribution in [0.15, 0.2) is 65.8 Å². The lowest BCUT2D eigenvalue weighted by Gasteiger charge is -2.23. The molecule has 1 saturated heterocycles. The molecule has 2 fully saturated rings. The van der Waals surface area contributed by atoms with Crippen molar-refractivity contribution in [3.63, 3.8) is 0 Å². The molecule has 1 saturated carbocycles. The van der Waals surface area contributed by atoms with Crippen LogP contribution in [0.5, 0.6) is 0 Å². The molecule has 154 valence electrons. The van der Waals surface area contributed by atoms with Crippen LogP contribution in [-0.2, 0) is 11.3 Å². The molecule has 1 unspecified atom stereocenters. The monoisotopic (exact) mass is 418 g/mol. The highest BCUT2D eigenvalue weighted by molar-refractivity contribution is 8.00. The predicted octanol–water partition coefficient (Wildman–Crippen LogP) is 4.66. The van der Waals surface area contributed by atoms with Crippen molar-refractivity contribution < 1.29 is 4.79 Å². The Bertz CT molecular complexity index is 995. The van der Waals surface area contributed by atoms with Crippen LogP contribution in [0.2, 0.25) is 0 Å². The predicted molar refractivity (Wildman–Crippen MR) is 118 cm³/mol. The third-order valence-electron chi connectivity index (χ3n) is 5.84. The van der Waals surface area contributed by atoms with Crippen molar-refractivity contribution in [1.29, 1.82) is 0 Å². The Hall–Kier alpha value is -2.60. The van der Waals surface area contributed by atoms with Crippen molar-refractivity contribution in [3.8, 4) is 0 Å². The highest BCUT2D eigenvalue weighted by Crippen LogP contribution is 2.42. The standard InChI is InChI=1S/C24H26N4OS/c29-23(27-15-7-8-16-27)21(19-11-5-2-6-12-19)30-24-26-25-22(20-13-14-20)28(24)17-18-9-3-1-4-10-18/h1-6,9-12,20-21H,7-8,13-17H2. The molecule has 5 rings (SSSR count). The first-order valence-corrected chi connectivity index (χ1v) is 11.6. The van der Waals surface area contributed by atoms with Crippen LogP contribution in [0.3, 0.4) is 0 Å². The number of carbonyl (C=O) groups is 1. The van der Waals surface area contributed by atoms with E-state index >= 15 is 0 Å². The number of thioether (sulfide) groups is 1. The second-order valence-electron chi connectivity index (χ2n) is 8.13. The highest BCUT2D eigenvalue weighted by Gasteiger charge is 2.34. The fourth-order valence-electron chi connectivity index (χ4n) is 4.04. The minimum atomic E-state index is -0.296. The van der Waals surface area contributed by atoms with Gasteiger partial charge in [0.2, 0.25) is 5.91 Å². The third-order valence-corrected chi connectivity index (χ3v) is 7.06. The van der Waals surface area contributed by atoms with Crippen molar-refractivity contribution in [1.82, 2.24) is 19.7 Å². The molecule has 1 amide bonds. The second-order valence-corrected chi connectivity index (χ2v) is 9.20. The van der Waals surface area contributed by atoms with E-state index in [-0.39, 0.29) is 11.2 Å². The maximum atomic E-state index is 13.4. The number of likely N-dealkylation sites (tertiary alicyclic amines) is 1. The first-order chi connectivity index (χ1) is 14.8. The van der Waals surface area contributed by atoms with Gasteiger partial charge in [-0.1, -0.05) is 72.4 Å². The molecule has 0 radical (unpaired) electrons. The van der Waals surface area contributed by atoms with E-state index in [1.165, 1.54) is 18.4 Å². The van der Waals surface area contributed by atoms with Gasteiger partial charge in [0.15, 0.2) is 5.16 Å². The van der Waals surface area contributed by atoms with E-state index < -0.39 is 0 Å². The van der Waals surface area contributed by atoms with Crippen LogP contribution in [0.25, 0.3) is 0 Å². The summed E-state index contributed by atoms with van der Waals surface area (Å²) >= 11 is 1.55. The Morgan fingerprint density at radius 2 is 1.63 bits per heavy atom. The van der Waals surface area contributed by atoms with Crippen LogP contribution in [0, 0.1) is 0 Å². The van der Waals surface area contributed by atoms with Gasteiger partial charge in [-0.05, 0) is 36.8 Å². The summed E-state index contributed by atoms with van der Waals surface area (Å²) in [6.07, 6.45) is 4.53. The average molecular weight is 419 g/mol. The number of rotatable bonds is 7. The van der Waals surface area contributed by atoms with Crippen LogP contribution < -0.4 is 0 Å². The summed E-state index contributed by atoms with van der Waals surface area (Å²) in [4.78, 5) is 15.4. The zero-order valence-electron chi connectivity index (χ0n) is 17.0. The van der Waals surface area contributed by atoms with E-state index in [9.17, 15) is 4.79 Å². The van der Waals surface area contributed by atoms with Gasteiger partial charge in [0.1, 0.15) is 11.1 Å². The van der Waals surface area contributed by atoms with Crippen molar-refractivity contribution in [3.05, 3.63) is 77.6 Å². The van der Waals surface area contributed by atoms with Gasteiger partial charge in [0.25, 0.3) is 0 Å². The fourth-order valence-corrected chi connectivity index (χ4v) is 5.17. The summed E-state index contributed by atoms with van der Waals surface area (Å²) in [5.74, 6) is 1.74. The second kappa shape index (κ2) is 8.64. The Morgan fingerprint density at radius 1 is 0.967 bits per heavy atom. The van der Waals surface area contributed by atoms with Crippen LogP contribution in [0.4, 0.5) is 0 Å². The minimum Gasteiger partial charge on any atom is -0.341 e. The summed E-state index contributed by atoms with van der Waals surface area (Å²) in [6.45, 7) is 2.45. The normalized spacial score (nSPS) is 17.3. The molecule has 2 heterocycles. The number of amides is 1. The Labute approximate surface area is 181 Å². The SMILES string of the molecule is O=C(C(Sc1nnc(C2CC2)n1Cc1ccccc1)c1ccccc1)N1CCCC1. The molecule has 3 aromatic rings. The summed E-state index contributed by atoms with van der Waals surface area (Å²) in [5.41, 5.74) is 2.25. The Kier molecular flexibility index (Phi) is 5.58. The van der Waals surface area contributed by atoms with Gasteiger partial charge in [-0.3, -0.25) is 4.79 Å². The fraction of sp³-hybridized carbons (Fsp3) is 0.375. The van der Waals surface area contributed by atoms with E-state index in [0.717, 1.165) is 49.0 Å². The highest BCUT2D eigenvalue weighted by atomic mass is 32.2. The first kappa shape index (κ1) is 19.4. The van der Waals surface area contributed by atoms with Gasteiger partial charge in [-0.2, -0.15) is 0 Å². The molecule has 1 aliphatic heterocycles. The number of hydrogen-bond donors (Lipinski definition) is 0. The molecular weight excluding hydrogens is 392 g/mol. The number of nitrogens with zero attached hydrogens (tertiary/aromatic N) is 4. The molecule has 0 N–H and O–H groups in total. The molecule has 2 aliphatic rings. The lowest BCUT2D eigenvalue weighted by Crippen LogP contribution is -2.31. The lowest BCUT2D eigenvalue weighted by atomic mass is 10.1. The molecule has 1 atom stereocenters. The number of hydrogen-bond acceptors (Lipinski definition) is 4. The molecule has 0 spiro atoms. The molecule has 1 aromatic heterocycles. The van der Waals surface area contributed by atoms with E-state index in [1.807, 2.05) is 41.3 Å². The molecule has 5 nitrogen and oxygen atoms in total. The smallest absolute Gasteiger partial charge is 0.240 e. The number of carbonyl (C=O) groups excluding carboxylic acids is 1. The zero-order chi connectivity index (χ0) is 20.3. The van der Waals surface area contributed by atoms with Crippen molar-refractivity contribution in [2.45, 2.75) is 48.6 Å². The van der Waals surface area contributed by atoms with Gasteiger partial charge in [0, 0.05) is 19.0 Å². The van der Waals surface area contributed by atoms with E-state index in [4.69, 9.17) is 0 Å². The molecular formula is C24H26N4OS. The Morgan fingerprint density at radius 3 is 2.30 bits per heavy atom. The third kappa shape index (κ3) is 4.15. The van der Waals surface area contributed by atoms with Crippen LogP contribution >= 0.6 is 11.8 Å². The van der Waals surface area contributed by atoms with Gasteiger partial charge in [-0.15, -0.1) is 10.2 Å². The Balaban J connectivity index is 1.47. The first-order valence-electron chi connectivity index (χ1n) is 10.8. The number of aromatic nitrogens is 3. The van der Waals surface area contributed by atoms with E-state index in [1.54, 1.807) is 11.8 Å². The minimum absolute atomic E-state index is 0.186. The zero-order valence-corrected chi connectivity index (χ0v) is 17.8. The molecule has 6 heteroatoms. The maximum Gasteiger partial charge on any atom is 0.240 e. The summed E-state index contributed by atoms with van der Waals surface area (Å²) in [6, 6.07) is 20.5. The maximum absolute atomic E-state index is 13.4.